The van der Waals surface area contributed by atoms with Crippen LogP contribution < -0.4 is 9.47 Å². The van der Waals surface area contributed by atoms with Crippen molar-refractivity contribution < 1.29 is 27.5 Å². The molecule has 0 aromatic heterocycles. The first kappa shape index (κ1) is 21.1. The van der Waals surface area contributed by atoms with Crippen molar-refractivity contribution in [1.29, 1.82) is 0 Å². The highest BCUT2D eigenvalue weighted by atomic mass is 32.2. The van der Waals surface area contributed by atoms with Crippen LogP contribution >= 0.6 is 0 Å². The average Bonchev–Trinajstić information content (AvgIpc) is 2.76. The molecule has 1 aliphatic rings. The van der Waals surface area contributed by atoms with E-state index in [1.54, 1.807) is 4.90 Å². The maximum absolute atomic E-state index is 13.0. The third-order valence-electron chi connectivity index (χ3n) is 4.67. The van der Waals surface area contributed by atoms with Gasteiger partial charge in [-0.2, -0.15) is 0 Å². The molecule has 0 N–H and O–H groups in total. The second-order valence-electron chi connectivity index (χ2n) is 6.38. The maximum Gasteiger partial charge on any atom is 0.264 e. The summed E-state index contributed by atoms with van der Waals surface area (Å²) in [7, 11) is -1.19. The number of fused-ring (bicyclic) bond motifs is 1. The van der Waals surface area contributed by atoms with Crippen LogP contribution in [0.3, 0.4) is 0 Å². The lowest BCUT2D eigenvalue weighted by molar-refractivity contribution is -0.0258. The molecule has 3 rings (SSSR count). The third-order valence-corrected chi connectivity index (χ3v) is 6.37. The molecule has 0 bridgehead atoms. The zero-order chi connectivity index (χ0) is 21.0. The largest absolute Gasteiger partial charge is 0.486 e. The van der Waals surface area contributed by atoms with E-state index in [4.69, 9.17) is 14.3 Å². The lowest BCUT2D eigenvalue weighted by Gasteiger charge is -2.25. The SMILES string of the molecule is CCN(Cc1cccc2c1OCCO2)C(=O)c1ccc(S(=O)(=O)N(C)OC)cc1. The van der Waals surface area contributed by atoms with E-state index in [1.165, 1.54) is 38.4 Å². The zero-order valence-corrected chi connectivity index (χ0v) is 17.4. The Balaban J connectivity index is 1.80. The Bertz CT molecular complexity index is 975. The van der Waals surface area contributed by atoms with Gasteiger partial charge >= 0.3 is 0 Å². The first-order valence-corrected chi connectivity index (χ1v) is 10.6. The van der Waals surface area contributed by atoms with Gasteiger partial charge in [0.1, 0.15) is 13.2 Å². The molecule has 1 heterocycles. The normalized spacial score (nSPS) is 13.4. The topological polar surface area (TPSA) is 85.4 Å². The first-order chi connectivity index (χ1) is 13.9. The number of nitrogens with zero attached hydrogens (tertiary/aromatic N) is 2. The number of para-hydroxylation sites is 1. The molecule has 1 aliphatic heterocycles. The quantitative estimate of drug-likeness (QED) is 0.639. The van der Waals surface area contributed by atoms with Crippen molar-refractivity contribution >= 4 is 15.9 Å². The Morgan fingerprint density at radius 3 is 2.45 bits per heavy atom. The second kappa shape index (κ2) is 8.81. The fourth-order valence-electron chi connectivity index (χ4n) is 2.99. The van der Waals surface area contributed by atoms with Gasteiger partial charge in [-0.05, 0) is 37.3 Å². The van der Waals surface area contributed by atoms with Crippen LogP contribution in [-0.4, -0.2) is 57.6 Å². The molecule has 2 aromatic rings. The minimum atomic E-state index is -3.76. The van der Waals surface area contributed by atoms with Crippen LogP contribution in [0.1, 0.15) is 22.8 Å². The molecule has 1 amide bonds. The number of hydrogen-bond acceptors (Lipinski definition) is 6. The Kier molecular flexibility index (Phi) is 6.41. The summed E-state index contributed by atoms with van der Waals surface area (Å²) in [5.41, 5.74) is 1.26. The average molecular weight is 420 g/mol. The van der Waals surface area contributed by atoms with Crippen LogP contribution in [-0.2, 0) is 21.4 Å². The number of ether oxygens (including phenoxy) is 2. The molecular formula is C20H24N2O6S. The van der Waals surface area contributed by atoms with Gasteiger partial charge in [-0.1, -0.05) is 16.6 Å². The van der Waals surface area contributed by atoms with E-state index in [0.29, 0.717) is 43.4 Å². The molecule has 9 heteroatoms. The van der Waals surface area contributed by atoms with Crippen molar-refractivity contribution in [3.8, 4) is 11.5 Å². The molecule has 0 atom stereocenters. The predicted molar refractivity (Wildman–Crippen MR) is 106 cm³/mol. The summed E-state index contributed by atoms with van der Waals surface area (Å²) in [6.07, 6.45) is 0. The molecule has 0 unspecified atom stereocenters. The summed E-state index contributed by atoms with van der Waals surface area (Å²) in [6.45, 7) is 3.69. The van der Waals surface area contributed by atoms with Crippen molar-refractivity contribution in [3.63, 3.8) is 0 Å². The van der Waals surface area contributed by atoms with Gasteiger partial charge < -0.3 is 14.4 Å². The molecule has 0 aliphatic carbocycles. The summed E-state index contributed by atoms with van der Waals surface area (Å²) < 4.78 is 36.7. The van der Waals surface area contributed by atoms with Crippen molar-refractivity contribution in [2.24, 2.45) is 0 Å². The van der Waals surface area contributed by atoms with Gasteiger partial charge in [0.2, 0.25) is 0 Å². The number of sulfonamides is 1. The van der Waals surface area contributed by atoms with Gasteiger partial charge in [0.15, 0.2) is 11.5 Å². The standard InChI is InChI=1S/C20H24N2O6S/c1-4-22(14-16-6-5-7-18-19(16)28-13-12-27-18)20(23)15-8-10-17(11-9-15)29(24,25)21(2)26-3/h5-11H,4,12-14H2,1-3H3. The first-order valence-electron chi connectivity index (χ1n) is 9.18. The van der Waals surface area contributed by atoms with Crippen LogP contribution in [0.4, 0.5) is 0 Å². The molecule has 0 spiro atoms. The fourth-order valence-corrected chi connectivity index (χ4v) is 3.96. The van der Waals surface area contributed by atoms with Gasteiger partial charge in [0.25, 0.3) is 15.9 Å². The number of hydroxylamine groups is 1. The molecular weight excluding hydrogens is 396 g/mol. The summed E-state index contributed by atoms with van der Waals surface area (Å²) in [4.78, 5) is 19.4. The van der Waals surface area contributed by atoms with Crippen LogP contribution in [0.15, 0.2) is 47.4 Å². The van der Waals surface area contributed by atoms with E-state index >= 15 is 0 Å². The highest BCUT2D eigenvalue weighted by Crippen LogP contribution is 2.34. The smallest absolute Gasteiger partial charge is 0.264 e. The van der Waals surface area contributed by atoms with Crippen LogP contribution in [0, 0.1) is 0 Å². The molecule has 156 valence electrons. The molecule has 2 aromatic carbocycles. The number of carbonyl (C=O) groups is 1. The zero-order valence-electron chi connectivity index (χ0n) is 16.6. The molecule has 0 saturated heterocycles. The molecule has 29 heavy (non-hydrogen) atoms. The number of rotatable bonds is 7. The van der Waals surface area contributed by atoms with Crippen LogP contribution in [0.5, 0.6) is 11.5 Å². The van der Waals surface area contributed by atoms with Gasteiger partial charge in [-0.3, -0.25) is 9.63 Å². The van der Waals surface area contributed by atoms with Gasteiger partial charge in [-0.15, -0.1) is 0 Å². The Morgan fingerprint density at radius 1 is 1.10 bits per heavy atom. The van der Waals surface area contributed by atoms with Crippen molar-refractivity contribution in [1.82, 2.24) is 9.37 Å². The maximum atomic E-state index is 13.0. The summed E-state index contributed by atoms with van der Waals surface area (Å²) in [5, 5.41) is 0. The Labute approximate surface area is 170 Å². The number of carbonyl (C=O) groups excluding carboxylic acids is 1. The Morgan fingerprint density at radius 2 is 1.79 bits per heavy atom. The van der Waals surface area contributed by atoms with Crippen molar-refractivity contribution in [2.75, 3.05) is 33.9 Å². The third kappa shape index (κ3) is 4.36. The summed E-state index contributed by atoms with van der Waals surface area (Å²) >= 11 is 0. The minimum absolute atomic E-state index is 0.0455. The highest BCUT2D eigenvalue weighted by Gasteiger charge is 2.23. The second-order valence-corrected chi connectivity index (χ2v) is 8.32. The van der Waals surface area contributed by atoms with Crippen molar-refractivity contribution in [2.45, 2.75) is 18.4 Å². The van der Waals surface area contributed by atoms with E-state index in [1.807, 2.05) is 25.1 Å². The lowest BCUT2D eigenvalue weighted by atomic mass is 10.1. The van der Waals surface area contributed by atoms with E-state index in [2.05, 4.69) is 0 Å². The van der Waals surface area contributed by atoms with Crippen LogP contribution in [0.25, 0.3) is 0 Å². The lowest BCUT2D eigenvalue weighted by Crippen LogP contribution is -2.31. The van der Waals surface area contributed by atoms with Gasteiger partial charge in [-0.25, -0.2) is 8.42 Å². The molecule has 0 radical (unpaired) electrons. The van der Waals surface area contributed by atoms with Crippen molar-refractivity contribution in [3.05, 3.63) is 53.6 Å². The van der Waals surface area contributed by atoms with Gasteiger partial charge in [0.05, 0.1) is 12.0 Å². The molecule has 0 saturated carbocycles. The molecule has 0 fully saturated rings. The van der Waals surface area contributed by atoms with E-state index in [0.717, 1.165) is 10.0 Å². The predicted octanol–water partition coefficient (Wildman–Crippen LogP) is 2.30. The van der Waals surface area contributed by atoms with E-state index in [-0.39, 0.29) is 10.8 Å². The Hall–Kier alpha value is -2.62. The van der Waals surface area contributed by atoms with Crippen LogP contribution in [0.2, 0.25) is 0 Å². The molecule has 8 nitrogen and oxygen atoms in total. The van der Waals surface area contributed by atoms with E-state index < -0.39 is 10.0 Å². The van der Waals surface area contributed by atoms with E-state index in [9.17, 15) is 13.2 Å². The summed E-state index contributed by atoms with van der Waals surface area (Å²) in [5.74, 6) is 1.13. The number of benzene rings is 2. The van der Waals surface area contributed by atoms with Gasteiger partial charge in [0, 0.05) is 31.3 Å². The minimum Gasteiger partial charge on any atom is -0.486 e. The summed E-state index contributed by atoms with van der Waals surface area (Å²) in [6, 6.07) is 11.4. The fraction of sp³-hybridized carbons (Fsp3) is 0.350. The highest BCUT2D eigenvalue weighted by molar-refractivity contribution is 7.89. The number of amides is 1. The number of hydrogen-bond donors (Lipinski definition) is 0. The monoisotopic (exact) mass is 420 g/mol.